The first kappa shape index (κ1) is 16.1. The molecule has 0 saturated carbocycles. The van der Waals surface area contributed by atoms with Gasteiger partial charge in [-0.2, -0.15) is 5.06 Å². The summed E-state index contributed by atoms with van der Waals surface area (Å²) in [5.74, 6) is 0. The lowest BCUT2D eigenvalue weighted by Gasteiger charge is -2.19. The van der Waals surface area contributed by atoms with Crippen molar-refractivity contribution in [3.63, 3.8) is 0 Å². The van der Waals surface area contributed by atoms with E-state index in [1.165, 1.54) is 11.1 Å². The zero-order valence-electron chi connectivity index (χ0n) is 13.3. The second-order valence-corrected chi connectivity index (χ2v) is 6.01. The third-order valence-corrected chi connectivity index (χ3v) is 3.96. The van der Waals surface area contributed by atoms with Crippen LogP contribution in [0.5, 0.6) is 0 Å². The zero-order valence-corrected chi connectivity index (χ0v) is 13.3. The van der Waals surface area contributed by atoms with Crippen LogP contribution >= 0.6 is 0 Å². The highest BCUT2D eigenvalue weighted by Crippen LogP contribution is 2.13. The van der Waals surface area contributed by atoms with Crippen LogP contribution in [0.25, 0.3) is 0 Å². The molecule has 3 rings (SSSR count). The third kappa shape index (κ3) is 5.15. The van der Waals surface area contributed by atoms with E-state index in [1.807, 2.05) is 41.5 Å². The number of rotatable bonds is 7. The molecule has 0 aromatic heterocycles. The molecule has 1 fully saturated rings. The second kappa shape index (κ2) is 8.22. The fourth-order valence-electron chi connectivity index (χ4n) is 2.78. The number of nitrogens with two attached hydrogens (primary N) is 1. The van der Waals surface area contributed by atoms with Crippen molar-refractivity contribution in [2.45, 2.75) is 25.2 Å². The average molecular weight is 312 g/mol. The molecule has 2 aromatic carbocycles. The highest BCUT2D eigenvalue weighted by molar-refractivity contribution is 5.16. The number of benzene rings is 2. The van der Waals surface area contributed by atoms with Gasteiger partial charge in [0.1, 0.15) is 0 Å². The first-order valence-corrected chi connectivity index (χ1v) is 8.12. The van der Waals surface area contributed by atoms with E-state index in [0.717, 1.165) is 19.5 Å². The molecule has 122 valence electrons. The van der Waals surface area contributed by atoms with Crippen molar-refractivity contribution < 1.29 is 9.57 Å². The van der Waals surface area contributed by atoms with Gasteiger partial charge in [-0.1, -0.05) is 60.7 Å². The van der Waals surface area contributed by atoms with Gasteiger partial charge in [-0.3, -0.25) is 4.84 Å². The molecule has 2 N–H and O–H groups in total. The Morgan fingerprint density at radius 2 is 1.70 bits per heavy atom. The lowest BCUT2D eigenvalue weighted by atomic mass is 10.1. The maximum Gasteiger partial charge on any atom is 0.0983 e. The van der Waals surface area contributed by atoms with Crippen LogP contribution in [0.3, 0.4) is 0 Å². The van der Waals surface area contributed by atoms with Gasteiger partial charge in [-0.05, 0) is 17.5 Å². The van der Waals surface area contributed by atoms with Crippen LogP contribution < -0.4 is 5.73 Å². The van der Waals surface area contributed by atoms with Crippen molar-refractivity contribution in [2.75, 3.05) is 19.7 Å². The Bertz CT molecular complexity index is 576. The van der Waals surface area contributed by atoms with Crippen LogP contribution in [0.15, 0.2) is 60.7 Å². The fourth-order valence-corrected chi connectivity index (χ4v) is 2.78. The van der Waals surface area contributed by atoms with Gasteiger partial charge in [0.25, 0.3) is 0 Å². The summed E-state index contributed by atoms with van der Waals surface area (Å²) in [5, 5.41) is 1.93. The second-order valence-electron chi connectivity index (χ2n) is 6.01. The Labute approximate surface area is 137 Å². The Balaban J connectivity index is 1.39. The normalized spacial score (nSPS) is 19.8. The molecule has 1 aliphatic heterocycles. The number of ether oxygens (including phenoxy) is 1. The largest absolute Gasteiger partial charge is 0.370 e. The highest BCUT2D eigenvalue weighted by atomic mass is 16.7. The molecule has 4 heteroatoms. The van der Waals surface area contributed by atoms with Gasteiger partial charge in [-0.15, -0.1) is 0 Å². The van der Waals surface area contributed by atoms with Gasteiger partial charge in [0, 0.05) is 12.6 Å². The maximum atomic E-state index is 6.23. The van der Waals surface area contributed by atoms with Gasteiger partial charge in [0.15, 0.2) is 0 Å². The molecule has 1 unspecified atom stereocenters. The van der Waals surface area contributed by atoms with E-state index in [-0.39, 0.29) is 12.1 Å². The van der Waals surface area contributed by atoms with Crippen LogP contribution in [0, 0.1) is 0 Å². The molecule has 2 aromatic rings. The van der Waals surface area contributed by atoms with Crippen LogP contribution in [0.4, 0.5) is 0 Å². The van der Waals surface area contributed by atoms with Crippen LogP contribution in [-0.2, 0) is 22.6 Å². The zero-order chi connectivity index (χ0) is 15.9. The fraction of sp³-hybridized carbons (Fsp3) is 0.368. The Kier molecular flexibility index (Phi) is 5.77. The summed E-state index contributed by atoms with van der Waals surface area (Å²) in [6.07, 6.45) is 0.968. The predicted molar refractivity (Wildman–Crippen MR) is 90.7 cm³/mol. The SMILES string of the molecule is N[C@@H](Cc1ccccc1)CN1CC(OCc2ccccc2)CO1. The molecule has 0 amide bonds. The molecule has 0 aliphatic carbocycles. The minimum Gasteiger partial charge on any atom is -0.370 e. The minimum atomic E-state index is 0.0604. The van der Waals surface area contributed by atoms with Crippen molar-refractivity contribution >= 4 is 0 Å². The monoisotopic (exact) mass is 312 g/mol. The number of hydroxylamine groups is 2. The molecule has 1 saturated heterocycles. The summed E-state index contributed by atoms with van der Waals surface area (Å²) in [4.78, 5) is 5.69. The van der Waals surface area contributed by atoms with E-state index in [0.29, 0.717) is 13.2 Å². The van der Waals surface area contributed by atoms with E-state index in [1.54, 1.807) is 0 Å². The van der Waals surface area contributed by atoms with E-state index in [2.05, 4.69) is 24.3 Å². The van der Waals surface area contributed by atoms with Crippen LogP contribution in [-0.4, -0.2) is 36.9 Å². The quantitative estimate of drug-likeness (QED) is 0.853. The molecule has 1 heterocycles. The van der Waals surface area contributed by atoms with E-state index in [4.69, 9.17) is 15.3 Å². The number of hydrogen-bond acceptors (Lipinski definition) is 4. The lowest BCUT2D eigenvalue weighted by Crippen LogP contribution is -2.37. The Morgan fingerprint density at radius 3 is 2.39 bits per heavy atom. The molecule has 23 heavy (non-hydrogen) atoms. The van der Waals surface area contributed by atoms with Gasteiger partial charge in [0.2, 0.25) is 0 Å². The van der Waals surface area contributed by atoms with Gasteiger partial charge in [-0.25, -0.2) is 0 Å². The molecular formula is C19H24N2O2. The summed E-state index contributed by atoms with van der Waals surface area (Å²) >= 11 is 0. The summed E-state index contributed by atoms with van der Waals surface area (Å²) in [7, 11) is 0. The van der Waals surface area contributed by atoms with Gasteiger partial charge < -0.3 is 10.5 Å². The maximum absolute atomic E-state index is 6.23. The third-order valence-electron chi connectivity index (χ3n) is 3.96. The van der Waals surface area contributed by atoms with Gasteiger partial charge in [0.05, 0.1) is 25.9 Å². The van der Waals surface area contributed by atoms with E-state index < -0.39 is 0 Å². The Hall–Kier alpha value is -1.72. The average Bonchev–Trinajstić information content (AvgIpc) is 3.02. The molecule has 0 spiro atoms. The first-order chi connectivity index (χ1) is 11.3. The van der Waals surface area contributed by atoms with Crippen molar-refractivity contribution in [2.24, 2.45) is 5.73 Å². The molecule has 4 nitrogen and oxygen atoms in total. The molecule has 1 aliphatic rings. The standard InChI is InChI=1S/C19H24N2O2/c20-18(11-16-7-3-1-4-8-16)12-21-13-19(15-23-21)22-14-17-9-5-2-6-10-17/h1-10,18-19H,11-15,20H2/t18-,19?/m0/s1. The summed E-state index contributed by atoms with van der Waals surface area (Å²) in [6, 6.07) is 20.6. The summed E-state index contributed by atoms with van der Waals surface area (Å²) in [6.45, 7) is 2.72. The first-order valence-electron chi connectivity index (χ1n) is 8.12. The molecule has 2 atom stereocenters. The van der Waals surface area contributed by atoms with Gasteiger partial charge >= 0.3 is 0 Å². The van der Waals surface area contributed by atoms with Crippen molar-refractivity contribution in [3.05, 3.63) is 71.8 Å². The van der Waals surface area contributed by atoms with Crippen LogP contribution in [0.1, 0.15) is 11.1 Å². The molecule has 0 bridgehead atoms. The van der Waals surface area contributed by atoms with Crippen molar-refractivity contribution in [1.82, 2.24) is 5.06 Å². The lowest BCUT2D eigenvalue weighted by molar-refractivity contribution is -0.113. The minimum absolute atomic E-state index is 0.0604. The van der Waals surface area contributed by atoms with Crippen molar-refractivity contribution in [1.29, 1.82) is 0 Å². The number of nitrogens with zero attached hydrogens (tertiary/aromatic N) is 1. The van der Waals surface area contributed by atoms with Crippen LogP contribution in [0.2, 0.25) is 0 Å². The smallest absolute Gasteiger partial charge is 0.0983 e. The van der Waals surface area contributed by atoms with E-state index in [9.17, 15) is 0 Å². The summed E-state index contributed by atoms with van der Waals surface area (Å²) < 4.78 is 5.91. The number of hydrogen-bond donors (Lipinski definition) is 1. The molecule has 0 radical (unpaired) electrons. The van der Waals surface area contributed by atoms with E-state index >= 15 is 0 Å². The predicted octanol–water partition coefficient (Wildman–Crippen LogP) is 2.39. The van der Waals surface area contributed by atoms with Crippen molar-refractivity contribution in [3.8, 4) is 0 Å². The highest BCUT2D eigenvalue weighted by Gasteiger charge is 2.25. The molecular weight excluding hydrogens is 288 g/mol. The Morgan fingerprint density at radius 1 is 1.04 bits per heavy atom. The topological polar surface area (TPSA) is 47.7 Å². The summed E-state index contributed by atoms with van der Waals surface area (Å²) in [5.41, 5.74) is 8.68.